The summed E-state index contributed by atoms with van der Waals surface area (Å²) < 4.78 is 10.5. The Morgan fingerprint density at radius 2 is 2.06 bits per heavy atom. The van der Waals surface area contributed by atoms with E-state index in [1.54, 1.807) is 7.11 Å². The first-order valence-corrected chi connectivity index (χ1v) is 5.46. The number of ether oxygens (including phenoxy) is 2. The number of methoxy groups -OCH3 is 1. The van der Waals surface area contributed by atoms with Gasteiger partial charge in [0.1, 0.15) is 17.6 Å². The van der Waals surface area contributed by atoms with Gasteiger partial charge in [0.05, 0.1) is 13.7 Å². The number of rotatable bonds is 3. The van der Waals surface area contributed by atoms with Gasteiger partial charge in [-0.2, -0.15) is 0 Å². The van der Waals surface area contributed by atoms with Crippen LogP contribution in [0.1, 0.15) is 24.5 Å². The molecule has 1 aliphatic heterocycles. The Morgan fingerprint density at radius 3 is 2.62 bits per heavy atom. The van der Waals surface area contributed by atoms with Gasteiger partial charge in [-0.25, -0.2) is 0 Å². The maximum absolute atomic E-state index is 10.1. The highest BCUT2D eigenvalue weighted by Crippen LogP contribution is 2.26. The second-order valence-corrected chi connectivity index (χ2v) is 3.77. The van der Waals surface area contributed by atoms with Crippen molar-refractivity contribution in [1.29, 1.82) is 0 Å². The molecule has 1 atom stereocenters. The van der Waals surface area contributed by atoms with E-state index in [0.717, 1.165) is 24.2 Å². The lowest BCUT2D eigenvalue weighted by atomic mass is 10.1. The summed E-state index contributed by atoms with van der Waals surface area (Å²) >= 11 is 0. The van der Waals surface area contributed by atoms with E-state index in [4.69, 9.17) is 9.47 Å². The van der Waals surface area contributed by atoms with Gasteiger partial charge in [-0.05, 0) is 36.6 Å². The van der Waals surface area contributed by atoms with Gasteiger partial charge in [-0.3, -0.25) is 0 Å². The zero-order valence-corrected chi connectivity index (χ0v) is 9.35. The normalized spacial score (nSPS) is 17.2. The van der Waals surface area contributed by atoms with Crippen LogP contribution < -0.4 is 4.74 Å². The highest BCUT2D eigenvalue weighted by molar-refractivity contribution is 5.31. The zero-order valence-electron chi connectivity index (χ0n) is 9.35. The van der Waals surface area contributed by atoms with E-state index in [2.05, 4.69) is 0 Å². The molecule has 0 amide bonds. The molecular formula is C13H16O3. The Morgan fingerprint density at radius 1 is 1.31 bits per heavy atom. The maximum Gasteiger partial charge on any atom is 0.136 e. The van der Waals surface area contributed by atoms with Crippen LogP contribution in [-0.2, 0) is 4.74 Å². The Bertz CT molecular complexity index is 367. The van der Waals surface area contributed by atoms with Gasteiger partial charge in [0, 0.05) is 0 Å². The molecule has 0 saturated heterocycles. The third-order valence-corrected chi connectivity index (χ3v) is 2.66. The molecule has 3 heteroatoms. The van der Waals surface area contributed by atoms with Crippen molar-refractivity contribution in [2.24, 2.45) is 0 Å². The van der Waals surface area contributed by atoms with Gasteiger partial charge in [0.2, 0.25) is 0 Å². The molecule has 0 bridgehead atoms. The van der Waals surface area contributed by atoms with Gasteiger partial charge in [-0.15, -0.1) is 0 Å². The van der Waals surface area contributed by atoms with Crippen LogP contribution in [-0.4, -0.2) is 18.8 Å². The zero-order chi connectivity index (χ0) is 11.4. The number of benzene rings is 1. The molecule has 1 aromatic carbocycles. The molecule has 16 heavy (non-hydrogen) atoms. The molecular weight excluding hydrogens is 204 g/mol. The fourth-order valence-corrected chi connectivity index (χ4v) is 1.72. The molecule has 1 unspecified atom stereocenters. The van der Waals surface area contributed by atoms with Gasteiger partial charge >= 0.3 is 0 Å². The van der Waals surface area contributed by atoms with E-state index in [9.17, 15) is 5.11 Å². The van der Waals surface area contributed by atoms with Crippen molar-refractivity contribution < 1.29 is 14.6 Å². The first-order valence-electron chi connectivity index (χ1n) is 5.46. The quantitative estimate of drug-likeness (QED) is 0.850. The molecule has 0 aromatic heterocycles. The fraction of sp³-hybridized carbons (Fsp3) is 0.385. The van der Waals surface area contributed by atoms with E-state index in [1.807, 2.05) is 30.3 Å². The number of allylic oxidation sites excluding steroid dienone is 1. The van der Waals surface area contributed by atoms with Crippen molar-refractivity contribution in [3.63, 3.8) is 0 Å². The first kappa shape index (κ1) is 11.0. The second kappa shape index (κ2) is 5.03. The van der Waals surface area contributed by atoms with Crippen LogP contribution in [0.5, 0.6) is 5.75 Å². The number of aliphatic hydroxyl groups excluding tert-OH is 1. The van der Waals surface area contributed by atoms with E-state index in [0.29, 0.717) is 12.4 Å². The lowest BCUT2D eigenvalue weighted by Gasteiger charge is -2.20. The van der Waals surface area contributed by atoms with Crippen LogP contribution in [0.2, 0.25) is 0 Å². The average Bonchev–Trinajstić information content (AvgIpc) is 2.39. The predicted molar refractivity (Wildman–Crippen MR) is 61.2 cm³/mol. The number of aliphatic hydroxyl groups is 1. The summed E-state index contributed by atoms with van der Waals surface area (Å²) in [4.78, 5) is 0. The van der Waals surface area contributed by atoms with E-state index >= 15 is 0 Å². The van der Waals surface area contributed by atoms with Crippen LogP contribution in [0.3, 0.4) is 0 Å². The molecule has 86 valence electrons. The summed E-state index contributed by atoms with van der Waals surface area (Å²) in [6.07, 6.45) is 3.30. The number of hydrogen-bond donors (Lipinski definition) is 1. The summed E-state index contributed by atoms with van der Waals surface area (Å²) in [6, 6.07) is 7.37. The molecule has 0 saturated carbocycles. The van der Waals surface area contributed by atoms with Crippen molar-refractivity contribution in [1.82, 2.24) is 0 Å². The van der Waals surface area contributed by atoms with Crippen LogP contribution in [0.25, 0.3) is 0 Å². The summed E-state index contributed by atoms with van der Waals surface area (Å²) in [6.45, 7) is 0.694. The molecule has 0 aliphatic carbocycles. The molecule has 1 aliphatic rings. The standard InChI is InChI=1S/C13H16O3/c1-15-11-7-5-10(6-8-11)13(14)12-4-2-3-9-16-12/h4-8,13-14H,2-3,9H2,1H3. The molecule has 2 rings (SSSR count). The fourth-order valence-electron chi connectivity index (χ4n) is 1.72. The second-order valence-electron chi connectivity index (χ2n) is 3.77. The molecule has 1 aromatic rings. The maximum atomic E-state index is 10.1. The summed E-state index contributed by atoms with van der Waals surface area (Å²) in [5, 5.41) is 10.1. The Kier molecular flexibility index (Phi) is 3.47. The summed E-state index contributed by atoms with van der Waals surface area (Å²) in [5.41, 5.74) is 0.828. The minimum absolute atomic E-state index is 0.661. The monoisotopic (exact) mass is 220 g/mol. The predicted octanol–water partition coefficient (Wildman–Crippen LogP) is 2.42. The lowest BCUT2D eigenvalue weighted by Crippen LogP contribution is -2.09. The Balaban J connectivity index is 2.13. The highest BCUT2D eigenvalue weighted by Gasteiger charge is 2.16. The van der Waals surface area contributed by atoms with E-state index < -0.39 is 6.10 Å². The Hall–Kier alpha value is -1.48. The Labute approximate surface area is 95.3 Å². The molecule has 3 nitrogen and oxygen atoms in total. The number of hydrogen-bond acceptors (Lipinski definition) is 3. The lowest BCUT2D eigenvalue weighted by molar-refractivity contribution is 0.0917. The molecule has 0 radical (unpaired) electrons. The van der Waals surface area contributed by atoms with E-state index in [-0.39, 0.29) is 0 Å². The van der Waals surface area contributed by atoms with Gasteiger partial charge in [-0.1, -0.05) is 12.1 Å². The van der Waals surface area contributed by atoms with Crippen molar-refractivity contribution in [3.05, 3.63) is 41.7 Å². The largest absolute Gasteiger partial charge is 0.497 e. The third kappa shape index (κ3) is 2.36. The smallest absolute Gasteiger partial charge is 0.136 e. The van der Waals surface area contributed by atoms with Crippen LogP contribution in [0.15, 0.2) is 36.1 Å². The minimum Gasteiger partial charge on any atom is -0.497 e. The van der Waals surface area contributed by atoms with Crippen LogP contribution in [0.4, 0.5) is 0 Å². The SMILES string of the molecule is COc1ccc(C(O)C2=CCCCO2)cc1. The molecule has 1 N–H and O–H groups in total. The molecule has 1 heterocycles. The van der Waals surface area contributed by atoms with Crippen molar-refractivity contribution in [2.75, 3.05) is 13.7 Å². The summed E-state index contributed by atoms with van der Waals surface area (Å²) in [5.74, 6) is 1.45. The van der Waals surface area contributed by atoms with Crippen molar-refractivity contribution >= 4 is 0 Å². The molecule has 0 fully saturated rings. The topological polar surface area (TPSA) is 38.7 Å². The van der Waals surface area contributed by atoms with Crippen LogP contribution in [0, 0.1) is 0 Å². The van der Waals surface area contributed by atoms with E-state index in [1.165, 1.54) is 0 Å². The summed E-state index contributed by atoms with van der Waals surface area (Å²) in [7, 11) is 1.62. The van der Waals surface area contributed by atoms with Gasteiger partial charge < -0.3 is 14.6 Å². The van der Waals surface area contributed by atoms with Gasteiger partial charge in [0.25, 0.3) is 0 Å². The van der Waals surface area contributed by atoms with Crippen molar-refractivity contribution in [2.45, 2.75) is 18.9 Å². The minimum atomic E-state index is -0.661. The third-order valence-electron chi connectivity index (χ3n) is 2.66. The average molecular weight is 220 g/mol. The highest BCUT2D eigenvalue weighted by atomic mass is 16.5. The van der Waals surface area contributed by atoms with Crippen molar-refractivity contribution in [3.8, 4) is 5.75 Å². The van der Waals surface area contributed by atoms with Gasteiger partial charge in [0.15, 0.2) is 0 Å². The first-order chi connectivity index (χ1) is 7.81. The van der Waals surface area contributed by atoms with Crippen LogP contribution >= 0.6 is 0 Å². The molecule has 0 spiro atoms.